The number of carbonyl (C=O) groups is 2. The molecule has 0 bridgehead atoms. The largest absolute Gasteiger partial charge is 0.497 e. The Bertz CT molecular complexity index is 876. The van der Waals surface area contributed by atoms with Crippen LogP contribution in [0.4, 0.5) is 5.69 Å². The summed E-state index contributed by atoms with van der Waals surface area (Å²) in [6.07, 6.45) is 0. The minimum atomic E-state index is -0.572. The third-order valence-electron chi connectivity index (χ3n) is 4.82. The molecule has 2 aromatic carbocycles. The summed E-state index contributed by atoms with van der Waals surface area (Å²) in [6, 6.07) is 16.2. The van der Waals surface area contributed by atoms with E-state index in [4.69, 9.17) is 4.74 Å². The molecule has 2 aromatic rings. The Morgan fingerprint density at radius 1 is 1.07 bits per heavy atom. The smallest absolute Gasteiger partial charge is 0.240 e. The van der Waals surface area contributed by atoms with Crippen molar-refractivity contribution in [2.75, 3.05) is 12.4 Å². The summed E-state index contributed by atoms with van der Waals surface area (Å²) in [5, 5.41) is 8.93. The van der Waals surface area contributed by atoms with Gasteiger partial charge in [0.1, 0.15) is 11.7 Å². The molecule has 0 aromatic heterocycles. The van der Waals surface area contributed by atoms with Crippen molar-refractivity contribution < 1.29 is 14.3 Å². The molecular formula is C22H25N3O3. The van der Waals surface area contributed by atoms with Gasteiger partial charge in [-0.3, -0.25) is 9.59 Å². The monoisotopic (exact) mass is 379 g/mol. The minimum absolute atomic E-state index is 0.0246. The van der Waals surface area contributed by atoms with Crippen LogP contribution in [0.3, 0.4) is 0 Å². The number of amides is 2. The highest BCUT2D eigenvalue weighted by molar-refractivity contribution is 6.12. The second kappa shape index (κ2) is 8.25. The van der Waals surface area contributed by atoms with E-state index in [0.29, 0.717) is 17.1 Å². The second-order valence-corrected chi connectivity index (χ2v) is 7.09. The molecule has 28 heavy (non-hydrogen) atoms. The van der Waals surface area contributed by atoms with Crippen LogP contribution in [-0.4, -0.2) is 29.6 Å². The normalized spacial score (nSPS) is 18.8. The van der Waals surface area contributed by atoms with Gasteiger partial charge in [-0.1, -0.05) is 44.2 Å². The van der Waals surface area contributed by atoms with Crippen molar-refractivity contribution in [1.29, 1.82) is 0 Å². The van der Waals surface area contributed by atoms with Gasteiger partial charge >= 0.3 is 0 Å². The van der Waals surface area contributed by atoms with E-state index in [0.717, 1.165) is 5.56 Å². The first kappa shape index (κ1) is 19.6. The molecule has 1 aliphatic rings. The van der Waals surface area contributed by atoms with Gasteiger partial charge in [-0.2, -0.15) is 5.10 Å². The van der Waals surface area contributed by atoms with Gasteiger partial charge in [0.15, 0.2) is 0 Å². The molecule has 0 saturated carbocycles. The lowest BCUT2D eigenvalue weighted by Gasteiger charge is -2.26. The number of carbonyl (C=O) groups excluding carboxylic acids is 2. The average Bonchev–Trinajstić information content (AvgIpc) is 3.10. The Kier molecular flexibility index (Phi) is 5.78. The van der Waals surface area contributed by atoms with Crippen LogP contribution >= 0.6 is 0 Å². The predicted molar refractivity (Wildman–Crippen MR) is 109 cm³/mol. The maximum Gasteiger partial charge on any atom is 0.240 e. The van der Waals surface area contributed by atoms with Crippen molar-refractivity contribution in [2.24, 2.45) is 16.9 Å². The zero-order valence-electron chi connectivity index (χ0n) is 16.5. The molecule has 6 nitrogen and oxygen atoms in total. The third-order valence-corrected chi connectivity index (χ3v) is 4.82. The van der Waals surface area contributed by atoms with E-state index in [1.807, 2.05) is 68.4 Å². The van der Waals surface area contributed by atoms with Crippen LogP contribution in [0, 0.1) is 11.8 Å². The van der Waals surface area contributed by atoms with Crippen LogP contribution in [0.1, 0.15) is 32.4 Å². The fourth-order valence-electron chi connectivity index (χ4n) is 3.45. The lowest BCUT2D eigenvalue weighted by Crippen LogP contribution is -2.37. The van der Waals surface area contributed by atoms with Crippen molar-refractivity contribution in [1.82, 2.24) is 5.01 Å². The van der Waals surface area contributed by atoms with E-state index in [2.05, 4.69) is 10.4 Å². The Morgan fingerprint density at radius 3 is 2.25 bits per heavy atom. The van der Waals surface area contributed by atoms with Crippen LogP contribution in [-0.2, 0) is 9.59 Å². The van der Waals surface area contributed by atoms with E-state index >= 15 is 0 Å². The SMILES string of the molecule is COc1ccc(C2C(C(=O)Nc3ccccc3)C(C(C)C)=NN2C(C)=O)cc1. The molecule has 6 heteroatoms. The number of hydrogen-bond donors (Lipinski definition) is 1. The van der Waals surface area contributed by atoms with E-state index < -0.39 is 12.0 Å². The topological polar surface area (TPSA) is 71.0 Å². The first-order valence-electron chi connectivity index (χ1n) is 9.30. The highest BCUT2D eigenvalue weighted by Gasteiger charge is 2.45. The van der Waals surface area contributed by atoms with Gasteiger partial charge in [-0.15, -0.1) is 0 Å². The van der Waals surface area contributed by atoms with E-state index in [1.54, 1.807) is 7.11 Å². The molecule has 0 fully saturated rings. The lowest BCUT2D eigenvalue weighted by atomic mass is 9.84. The molecule has 2 atom stereocenters. The molecule has 0 saturated heterocycles. The highest BCUT2D eigenvalue weighted by atomic mass is 16.5. The molecular weight excluding hydrogens is 354 g/mol. The third kappa shape index (κ3) is 3.91. The molecule has 2 unspecified atom stereocenters. The maximum atomic E-state index is 13.2. The van der Waals surface area contributed by atoms with Gasteiger partial charge < -0.3 is 10.1 Å². The van der Waals surface area contributed by atoms with Gasteiger partial charge in [-0.25, -0.2) is 5.01 Å². The lowest BCUT2D eigenvalue weighted by molar-refractivity contribution is -0.132. The number of nitrogens with one attached hydrogen (secondary N) is 1. The number of rotatable bonds is 5. The Balaban J connectivity index is 2.00. The van der Waals surface area contributed by atoms with Gasteiger partial charge in [0.25, 0.3) is 0 Å². The fraction of sp³-hybridized carbons (Fsp3) is 0.318. The van der Waals surface area contributed by atoms with E-state index in [-0.39, 0.29) is 17.7 Å². The number of hydrogen-bond acceptors (Lipinski definition) is 4. The molecule has 0 spiro atoms. The average molecular weight is 379 g/mol. The number of para-hydroxylation sites is 1. The van der Waals surface area contributed by atoms with E-state index in [9.17, 15) is 9.59 Å². The van der Waals surface area contributed by atoms with Crippen molar-refractivity contribution in [3.8, 4) is 5.75 Å². The van der Waals surface area contributed by atoms with Crippen molar-refractivity contribution in [2.45, 2.75) is 26.8 Å². The number of anilines is 1. The van der Waals surface area contributed by atoms with Gasteiger partial charge in [-0.05, 0) is 35.7 Å². The minimum Gasteiger partial charge on any atom is -0.497 e. The summed E-state index contributed by atoms with van der Waals surface area (Å²) in [5.41, 5.74) is 2.25. The van der Waals surface area contributed by atoms with Gasteiger partial charge in [0, 0.05) is 12.6 Å². The second-order valence-electron chi connectivity index (χ2n) is 7.09. The number of nitrogens with zero attached hydrogens (tertiary/aromatic N) is 2. The zero-order valence-corrected chi connectivity index (χ0v) is 16.5. The predicted octanol–water partition coefficient (Wildman–Crippen LogP) is 3.87. The summed E-state index contributed by atoms with van der Waals surface area (Å²) in [6.45, 7) is 5.43. The van der Waals surface area contributed by atoms with Crippen LogP contribution in [0.15, 0.2) is 59.7 Å². The fourth-order valence-corrected chi connectivity index (χ4v) is 3.45. The first-order chi connectivity index (χ1) is 13.4. The van der Waals surface area contributed by atoms with Crippen LogP contribution in [0.2, 0.25) is 0 Å². The molecule has 2 amide bonds. The summed E-state index contributed by atoms with van der Waals surface area (Å²) >= 11 is 0. The Hall–Kier alpha value is -3.15. The van der Waals surface area contributed by atoms with Crippen molar-refractivity contribution >= 4 is 23.2 Å². The quantitative estimate of drug-likeness (QED) is 0.857. The first-order valence-corrected chi connectivity index (χ1v) is 9.30. The number of hydrazone groups is 1. The molecule has 1 heterocycles. The Morgan fingerprint density at radius 2 is 1.71 bits per heavy atom. The number of benzene rings is 2. The summed E-state index contributed by atoms with van der Waals surface area (Å²) in [7, 11) is 1.60. The van der Waals surface area contributed by atoms with Crippen LogP contribution in [0.25, 0.3) is 0 Å². The highest BCUT2D eigenvalue weighted by Crippen LogP contribution is 2.39. The van der Waals surface area contributed by atoms with Gasteiger partial charge in [0.05, 0.1) is 18.9 Å². The molecule has 0 aliphatic carbocycles. The molecule has 1 N–H and O–H groups in total. The maximum absolute atomic E-state index is 13.2. The van der Waals surface area contributed by atoms with Gasteiger partial charge in [0.2, 0.25) is 11.8 Å². The molecule has 3 rings (SSSR count). The Labute approximate surface area is 165 Å². The molecule has 1 aliphatic heterocycles. The van der Waals surface area contributed by atoms with Crippen molar-refractivity contribution in [3.05, 3.63) is 60.2 Å². The zero-order chi connectivity index (χ0) is 20.3. The number of methoxy groups -OCH3 is 1. The standard InChI is InChI=1S/C22H25N3O3/c1-14(2)20-19(22(27)23-17-8-6-5-7-9-17)21(25(24-20)15(3)26)16-10-12-18(28-4)13-11-16/h5-14,19,21H,1-4H3,(H,23,27). The van der Waals surface area contributed by atoms with Crippen LogP contribution < -0.4 is 10.1 Å². The van der Waals surface area contributed by atoms with Crippen LogP contribution in [0.5, 0.6) is 5.75 Å². The molecule has 146 valence electrons. The number of ether oxygens (including phenoxy) is 1. The van der Waals surface area contributed by atoms with Crippen molar-refractivity contribution in [3.63, 3.8) is 0 Å². The summed E-state index contributed by atoms with van der Waals surface area (Å²) in [4.78, 5) is 25.6. The summed E-state index contributed by atoms with van der Waals surface area (Å²) < 4.78 is 5.23. The summed E-state index contributed by atoms with van der Waals surface area (Å²) in [5.74, 6) is -0.210. The van der Waals surface area contributed by atoms with E-state index in [1.165, 1.54) is 11.9 Å². The molecule has 0 radical (unpaired) electrons.